The number of esters is 2. The standard InChI is InChI=1S/C35H32N8O12S/c1-53-37-16-15-36-41-18-17-40(34(41)48)35(33(47)55-20-23-9-13-26(14-10-23)43(51)52)21-39-30(45)28(31(39)56-35)38-29(44)27(24-5-3-2-4-6-24)32(46)54-19-22-7-11-25(12-8-22)42(49)50/h2-16,27-28,31H,17-21H2,1H3,(H,38,44)/b36-15+,37-16+/t27?,28-,31-,35-/m1/s1. The number of benzene rings is 3. The van der Waals surface area contributed by atoms with Crippen LogP contribution in [0.15, 0.2) is 89.1 Å². The zero-order valence-corrected chi connectivity index (χ0v) is 30.2. The van der Waals surface area contributed by atoms with E-state index in [4.69, 9.17) is 9.47 Å². The Morgan fingerprint density at radius 2 is 1.52 bits per heavy atom. The fourth-order valence-corrected chi connectivity index (χ4v) is 7.86. The number of fused-ring (bicyclic) bond motifs is 1. The largest absolute Gasteiger partial charge is 0.460 e. The van der Waals surface area contributed by atoms with Gasteiger partial charge in [0.25, 0.3) is 11.4 Å². The number of nitrogens with zero attached hydrogens (tertiary/aromatic N) is 7. The van der Waals surface area contributed by atoms with Crippen LogP contribution < -0.4 is 5.32 Å². The first-order chi connectivity index (χ1) is 26.9. The van der Waals surface area contributed by atoms with Gasteiger partial charge in [-0.1, -0.05) is 47.2 Å². The summed E-state index contributed by atoms with van der Waals surface area (Å²) in [4.78, 5) is 95.0. The Morgan fingerprint density at radius 1 is 0.911 bits per heavy atom. The molecule has 0 radical (unpaired) electrons. The summed E-state index contributed by atoms with van der Waals surface area (Å²) in [6.07, 6.45) is 2.43. The van der Waals surface area contributed by atoms with Crippen LogP contribution in [-0.4, -0.2) is 110 Å². The number of nitro groups is 2. The van der Waals surface area contributed by atoms with Gasteiger partial charge in [0.15, 0.2) is 5.92 Å². The van der Waals surface area contributed by atoms with Crippen molar-refractivity contribution in [3.05, 3.63) is 116 Å². The number of ether oxygens (including phenoxy) is 2. The van der Waals surface area contributed by atoms with Gasteiger partial charge in [-0.3, -0.25) is 39.5 Å². The van der Waals surface area contributed by atoms with Crippen molar-refractivity contribution in [1.82, 2.24) is 20.1 Å². The molecule has 1 N–H and O–H groups in total. The number of nitrogens with one attached hydrogen (secondary N) is 1. The number of carbonyl (C=O) groups is 5. The maximum absolute atomic E-state index is 14.1. The van der Waals surface area contributed by atoms with E-state index in [2.05, 4.69) is 20.4 Å². The van der Waals surface area contributed by atoms with Gasteiger partial charge in [-0.2, -0.15) is 5.10 Å². The average Bonchev–Trinajstić information content (AvgIpc) is 3.76. The number of β-lactam (4-membered cyclic amide) rings is 1. The maximum atomic E-state index is 14.1. The van der Waals surface area contributed by atoms with Gasteiger partial charge in [0.2, 0.25) is 16.7 Å². The maximum Gasteiger partial charge on any atom is 0.345 e. The summed E-state index contributed by atoms with van der Waals surface area (Å²) in [5.41, 5.74) is 0.814. The number of carbonyl (C=O) groups excluding carboxylic acids is 5. The molecular weight excluding hydrogens is 756 g/mol. The molecule has 0 saturated carbocycles. The summed E-state index contributed by atoms with van der Waals surface area (Å²) in [6.45, 7) is -0.847. The van der Waals surface area contributed by atoms with E-state index in [0.717, 1.165) is 16.8 Å². The molecule has 0 bridgehead atoms. The Bertz CT molecular complexity index is 2090. The number of non-ortho nitro benzene ring substituents is 2. The van der Waals surface area contributed by atoms with E-state index < -0.39 is 61.8 Å². The number of hydrogen-bond acceptors (Lipinski definition) is 15. The number of amides is 4. The van der Waals surface area contributed by atoms with Crippen LogP contribution in [0.4, 0.5) is 16.2 Å². The highest BCUT2D eigenvalue weighted by Gasteiger charge is 2.67. The van der Waals surface area contributed by atoms with Crippen LogP contribution in [0.25, 0.3) is 0 Å². The second kappa shape index (κ2) is 16.6. The molecule has 3 saturated heterocycles. The van der Waals surface area contributed by atoms with E-state index in [-0.39, 0.29) is 49.8 Å². The van der Waals surface area contributed by atoms with Crippen molar-refractivity contribution in [2.45, 2.75) is 35.4 Å². The van der Waals surface area contributed by atoms with Gasteiger partial charge < -0.3 is 24.5 Å². The summed E-state index contributed by atoms with van der Waals surface area (Å²) in [7, 11) is 1.33. The van der Waals surface area contributed by atoms with Gasteiger partial charge in [0.1, 0.15) is 31.7 Å². The Labute approximate surface area is 321 Å². The Hall–Kier alpha value is -6.90. The van der Waals surface area contributed by atoms with Crippen LogP contribution >= 0.6 is 11.8 Å². The van der Waals surface area contributed by atoms with E-state index in [1.807, 2.05) is 0 Å². The van der Waals surface area contributed by atoms with E-state index in [0.29, 0.717) is 11.1 Å². The first-order valence-corrected chi connectivity index (χ1v) is 17.6. The number of rotatable bonds is 15. The quantitative estimate of drug-likeness (QED) is 0.0582. The number of hydrazone groups is 1. The zero-order valence-electron chi connectivity index (χ0n) is 29.4. The van der Waals surface area contributed by atoms with Crippen molar-refractivity contribution in [2.24, 2.45) is 10.3 Å². The lowest BCUT2D eigenvalue weighted by Crippen LogP contribution is -2.68. The van der Waals surface area contributed by atoms with Gasteiger partial charge >= 0.3 is 18.0 Å². The predicted octanol–water partition coefficient (Wildman–Crippen LogP) is 2.53. The van der Waals surface area contributed by atoms with E-state index in [9.17, 15) is 44.2 Å². The second-order valence-electron chi connectivity index (χ2n) is 12.4. The summed E-state index contributed by atoms with van der Waals surface area (Å²) in [5, 5.41) is 32.6. The fraction of sp³-hybridized carbons (Fsp3) is 0.286. The van der Waals surface area contributed by atoms with Gasteiger partial charge in [-0.15, -0.1) is 0 Å². The van der Waals surface area contributed by atoms with Crippen molar-refractivity contribution >= 4 is 65.3 Å². The highest BCUT2D eigenvalue weighted by atomic mass is 32.2. The smallest absolute Gasteiger partial charge is 0.345 e. The number of thioether (sulfide) groups is 1. The lowest BCUT2D eigenvalue weighted by molar-refractivity contribution is -0.385. The molecule has 56 heavy (non-hydrogen) atoms. The first-order valence-electron chi connectivity index (χ1n) is 16.8. The van der Waals surface area contributed by atoms with Crippen LogP contribution in [0, 0.1) is 20.2 Å². The van der Waals surface area contributed by atoms with Crippen molar-refractivity contribution in [3.8, 4) is 0 Å². The zero-order chi connectivity index (χ0) is 40.0. The van der Waals surface area contributed by atoms with E-state index >= 15 is 0 Å². The molecule has 3 fully saturated rings. The van der Waals surface area contributed by atoms with Crippen molar-refractivity contribution in [1.29, 1.82) is 0 Å². The van der Waals surface area contributed by atoms with Crippen LogP contribution in [0.3, 0.4) is 0 Å². The Morgan fingerprint density at radius 3 is 2.11 bits per heavy atom. The van der Waals surface area contributed by atoms with Crippen LogP contribution in [-0.2, 0) is 46.7 Å². The van der Waals surface area contributed by atoms with Crippen molar-refractivity contribution < 1.29 is 48.1 Å². The van der Waals surface area contributed by atoms with Gasteiger partial charge in [0.05, 0.1) is 35.4 Å². The highest BCUT2D eigenvalue weighted by molar-refractivity contribution is 8.02. The summed E-state index contributed by atoms with van der Waals surface area (Å²) in [5.74, 6) is -4.79. The minimum atomic E-state index is -1.80. The average molecular weight is 789 g/mol. The molecule has 3 aliphatic rings. The van der Waals surface area contributed by atoms with Crippen LogP contribution in [0.2, 0.25) is 0 Å². The molecule has 3 heterocycles. The van der Waals surface area contributed by atoms with Crippen molar-refractivity contribution in [3.63, 3.8) is 0 Å². The normalized spacial score (nSPS) is 20.8. The van der Waals surface area contributed by atoms with E-state index in [1.165, 1.54) is 90.0 Å². The third kappa shape index (κ3) is 7.97. The molecule has 0 aromatic heterocycles. The number of oxime groups is 1. The molecule has 4 amide bonds. The molecule has 20 nitrogen and oxygen atoms in total. The van der Waals surface area contributed by atoms with Gasteiger partial charge in [-0.25, -0.2) is 14.6 Å². The number of urea groups is 1. The molecule has 0 spiro atoms. The molecule has 3 aliphatic heterocycles. The second-order valence-corrected chi connectivity index (χ2v) is 13.8. The lowest BCUT2D eigenvalue weighted by atomic mass is 9.96. The molecule has 1 unspecified atom stereocenters. The lowest BCUT2D eigenvalue weighted by Gasteiger charge is -2.41. The molecule has 0 aliphatic carbocycles. The summed E-state index contributed by atoms with van der Waals surface area (Å²) < 4.78 is 11.1. The molecular formula is C35H32N8O12S. The molecule has 4 atom stereocenters. The van der Waals surface area contributed by atoms with Gasteiger partial charge in [0, 0.05) is 30.8 Å². The number of hydrogen-bond donors (Lipinski definition) is 1. The minimum absolute atomic E-state index is 0.000313. The predicted molar refractivity (Wildman–Crippen MR) is 196 cm³/mol. The highest BCUT2D eigenvalue weighted by Crippen LogP contribution is 2.50. The molecule has 290 valence electrons. The summed E-state index contributed by atoms with van der Waals surface area (Å²) in [6, 6.07) is 16.8. The third-order valence-corrected chi connectivity index (χ3v) is 10.7. The van der Waals surface area contributed by atoms with Crippen LogP contribution in [0.5, 0.6) is 0 Å². The van der Waals surface area contributed by atoms with Crippen molar-refractivity contribution in [2.75, 3.05) is 26.7 Å². The Balaban J connectivity index is 1.20. The summed E-state index contributed by atoms with van der Waals surface area (Å²) >= 11 is 0.916. The fourth-order valence-electron chi connectivity index (χ4n) is 6.17. The number of nitro benzene ring substituents is 2. The Kier molecular flexibility index (Phi) is 11.5. The molecule has 3 aromatic carbocycles. The first kappa shape index (κ1) is 38.8. The minimum Gasteiger partial charge on any atom is -0.460 e. The molecule has 21 heteroatoms. The monoisotopic (exact) mass is 788 g/mol. The molecule has 3 aromatic rings. The molecule has 6 rings (SSSR count). The topological polar surface area (TPSA) is 246 Å². The third-order valence-electron chi connectivity index (χ3n) is 9.00. The SMILES string of the molecule is CO/N=C/C=N/N1CCN([C@]2(C(=O)OCc3ccc([N+](=O)[O-])cc3)CN3C(=O)[C@@H](NC(=O)C(C(=O)OCc4ccc([N+](=O)[O-])cc4)c4ccccc4)[C@H]3S2)C1=O. The van der Waals surface area contributed by atoms with Gasteiger partial charge in [-0.05, 0) is 41.0 Å². The van der Waals surface area contributed by atoms with E-state index in [1.54, 1.807) is 18.2 Å². The van der Waals surface area contributed by atoms with Crippen LogP contribution in [0.1, 0.15) is 22.6 Å².